The first-order chi connectivity index (χ1) is 10.1. The fourth-order valence-corrected chi connectivity index (χ4v) is 2.39. The highest BCUT2D eigenvalue weighted by molar-refractivity contribution is 6.33. The van der Waals surface area contributed by atoms with Crippen molar-refractivity contribution in [2.24, 2.45) is 0 Å². The number of aromatic nitrogens is 3. The van der Waals surface area contributed by atoms with Gasteiger partial charge in [0.1, 0.15) is 12.2 Å². The number of hydrogen-bond acceptors (Lipinski definition) is 5. The van der Waals surface area contributed by atoms with E-state index >= 15 is 0 Å². The quantitative estimate of drug-likeness (QED) is 0.825. The van der Waals surface area contributed by atoms with E-state index < -0.39 is 0 Å². The van der Waals surface area contributed by atoms with E-state index in [-0.39, 0.29) is 5.91 Å². The van der Waals surface area contributed by atoms with E-state index in [2.05, 4.69) is 15.5 Å². The van der Waals surface area contributed by atoms with Gasteiger partial charge in [-0.05, 0) is 18.2 Å². The molecule has 21 heavy (non-hydrogen) atoms. The molecule has 2 heterocycles. The molecule has 1 aromatic heterocycles. The fraction of sp³-hybridized carbons (Fsp3) is 0.308. The van der Waals surface area contributed by atoms with Gasteiger partial charge >= 0.3 is 0 Å². The highest BCUT2D eigenvalue weighted by Crippen LogP contribution is 2.22. The van der Waals surface area contributed by atoms with Crippen molar-refractivity contribution in [3.8, 4) is 0 Å². The maximum Gasteiger partial charge on any atom is 0.238 e. The van der Waals surface area contributed by atoms with Gasteiger partial charge in [0.2, 0.25) is 5.91 Å². The van der Waals surface area contributed by atoms with Gasteiger partial charge in [-0.2, -0.15) is 0 Å². The molecule has 3 N–H and O–H groups in total. The molecule has 110 valence electrons. The molecule has 3 rings (SSSR count). The lowest BCUT2D eigenvalue weighted by Crippen LogP contribution is -2.39. The van der Waals surface area contributed by atoms with Gasteiger partial charge in [-0.15, -0.1) is 10.2 Å². The molecule has 0 bridgehead atoms. The highest BCUT2D eigenvalue weighted by Gasteiger charge is 2.19. The molecule has 7 nitrogen and oxygen atoms in total. The third kappa shape index (κ3) is 3.14. The monoisotopic (exact) mass is 306 g/mol. The van der Waals surface area contributed by atoms with Crippen LogP contribution in [0.1, 0.15) is 5.82 Å². The van der Waals surface area contributed by atoms with Gasteiger partial charge in [0.25, 0.3) is 0 Å². The van der Waals surface area contributed by atoms with Gasteiger partial charge in [-0.3, -0.25) is 9.69 Å². The van der Waals surface area contributed by atoms with Crippen molar-refractivity contribution in [2.45, 2.75) is 13.1 Å². The molecular formula is C13H15ClN6O. The van der Waals surface area contributed by atoms with Crippen LogP contribution in [0.3, 0.4) is 0 Å². The fourth-order valence-electron chi connectivity index (χ4n) is 2.28. The summed E-state index contributed by atoms with van der Waals surface area (Å²) >= 11 is 5.85. The minimum atomic E-state index is -0.0929. The summed E-state index contributed by atoms with van der Waals surface area (Å²) in [5, 5.41) is 11.2. The molecule has 8 heteroatoms. The number of anilines is 2. The Morgan fingerprint density at radius 2 is 2.29 bits per heavy atom. The molecule has 2 aromatic rings. The predicted octanol–water partition coefficient (Wildman–Crippen LogP) is 0.968. The number of nitrogens with zero attached hydrogens (tertiary/aromatic N) is 4. The van der Waals surface area contributed by atoms with Gasteiger partial charge in [0.05, 0.1) is 23.8 Å². The Morgan fingerprint density at radius 1 is 1.43 bits per heavy atom. The Labute approximate surface area is 126 Å². The number of fused-ring (bicyclic) bond motifs is 1. The van der Waals surface area contributed by atoms with E-state index in [1.165, 1.54) is 0 Å². The van der Waals surface area contributed by atoms with Gasteiger partial charge in [-0.25, -0.2) is 0 Å². The van der Waals surface area contributed by atoms with Crippen molar-refractivity contribution in [3.63, 3.8) is 0 Å². The van der Waals surface area contributed by atoms with Crippen LogP contribution in [-0.2, 0) is 17.9 Å². The van der Waals surface area contributed by atoms with Crippen LogP contribution in [0.2, 0.25) is 5.02 Å². The number of rotatable bonds is 3. The molecule has 0 unspecified atom stereocenters. The Morgan fingerprint density at radius 3 is 3.10 bits per heavy atom. The second kappa shape index (κ2) is 5.71. The molecule has 1 amide bonds. The summed E-state index contributed by atoms with van der Waals surface area (Å²) in [7, 11) is 0. The number of carbonyl (C=O) groups is 1. The zero-order valence-electron chi connectivity index (χ0n) is 11.3. The zero-order chi connectivity index (χ0) is 14.8. The zero-order valence-corrected chi connectivity index (χ0v) is 12.0. The summed E-state index contributed by atoms with van der Waals surface area (Å²) in [5.74, 6) is 0.787. The molecule has 0 aliphatic carbocycles. The van der Waals surface area contributed by atoms with Crippen molar-refractivity contribution in [1.82, 2.24) is 19.7 Å². The number of halogens is 1. The average Bonchev–Trinajstić information content (AvgIpc) is 2.90. The summed E-state index contributed by atoms with van der Waals surface area (Å²) in [5.41, 5.74) is 6.80. The first-order valence-electron chi connectivity index (χ1n) is 6.56. The number of benzene rings is 1. The SMILES string of the molecule is Nc1cc(NC(=O)CN2CCn3cnnc3C2)ccc1Cl. The van der Waals surface area contributed by atoms with Crippen molar-refractivity contribution >= 4 is 28.9 Å². The van der Waals surface area contributed by atoms with Crippen LogP contribution in [0.5, 0.6) is 0 Å². The molecule has 1 aliphatic rings. The number of hydrogen-bond donors (Lipinski definition) is 2. The van der Waals surface area contributed by atoms with E-state index in [1.807, 2.05) is 9.47 Å². The number of nitrogens with two attached hydrogens (primary N) is 1. The molecule has 1 aromatic carbocycles. The number of nitrogens with one attached hydrogen (secondary N) is 1. The topological polar surface area (TPSA) is 89.1 Å². The third-order valence-corrected chi connectivity index (χ3v) is 3.71. The third-order valence-electron chi connectivity index (χ3n) is 3.36. The van der Waals surface area contributed by atoms with Crippen molar-refractivity contribution in [2.75, 3.05) is 24.1 Å². The molecule has 0 saturated carbocycles. The van der Waals surface area contributed by atoms with Crippen molar-refractivity contribution in [1.29, 1.82) is 0 Å². The number of carbonyl (C=O) groups excluding carboxylic acids is 1. The highest BCUT2D eigenvalue weighted by atomic mass is 35.5. The number of nitrogen functional groups attached to an aromatic ring is 1. The second-order valence-corrected chi connectivity index (χ2v) is 5.34. The summed E-state index contributed by atoms with van der Waals surface area (Å²) in [4.78, 5) is 14.1. The normalized spacial score (nSPS) is 14.7. The molecule has 0 saturated heterocycles. The average molecular weight is 307 g/mol. The van der Waals surface area contributed by atoms with Gasteiger partial charge in [-0.1, -0.05) is 11.6 Å². The van der Waals surface area contributed by atoms with Gasteiger partial charge < -0.3 is 15.6 Å². The smallest absolute Gasteiger partial charge is 0.238 e. The van der Waals surface area contributed by atoms with Crippen LogP contribution in [0, 0.1) is 0 Å². The molecule has 0 spiro atoms. The Bertz CT molecular complexity index is 670. The molecule has 0 fully saturated rings. The van der Waals surface area contributed by atoms with Crippen LogP contribution in [0.4, 0.5) is 11.4 Å². The maximum absolute atomic E-state index is 12.1. The lowest BCUT2D eigenvalue weighted by Gasteiger charge is -2.26. The summed E-state index contributed by atoms with van der Waals surface area (Å²) < 4.78 is 1.99. The van der Waals surface area contributed by atoms with Crippen LogP contribution >= 0.6 is 11.6 Å². The lowest BCUT2D eigenvalue weighted by molar-refractivity contribution is -0.117. The minimum Gasteiger partial charge on any atom is -0.397 e. The maximum atomic E-state index is 12.1. The van der Waals surface area contributed by atoms with E-state index in [1.54, 1.807) is 24.5 Å². The van der Waals surface area contributed by atoms with Gasteiger partial charge in [0.15, 0.2) is 0 Å². The second-order valence-electron chi connectivity index (χ2n) is 4.94. The lowest BCUT2D eigenvalue weighted by atomic mass is 10.2. The van der Waals surface area contributed by atoms with Crippen LogP contribution in [-0.4, -0.2) is 38.7 Å². The largest absolute Gasteiger partial charge is 0.397 e. The summed E-state index contributed by atoms with van der Waals surface area (Å²) in [6.45, 7) is 2.51. The first-order valence-corrected chi connectivity index (χ1v) is 6.93. The molecular weight excluding hydrogens is 292 g/mol. The van der Waals surface area contributed by atoms with Gasteiger partial charge in [0, 0.05) is 18.8 Å². The van der Waals surface area contributed by atoms with E-state index in [0.717, 1.165) is 18.9 Å². The van der Waals surface area contributed by atoms with Crippen LogP contribution in [0.25, 0.3) is 0 Å². The molecule has 0 radical (unpaired) electrons. The summed E-state index contributed by atoms with van der Waals surface area (Å²) in [6, 6.07) is 5.03. The van der Waals surface area contributed by atoms with Crippen LogP contribution in [0.15, 0.2) is 24.5 Å². The first kappa shape index (κ1) is 13.8. The Balaban J connectivity index is 1.58. The standard InChI is InChI=1S/C13H15ClN6O/c14-10-2-1-9(5-11(10)15)17-13(21)7-19-3-4-20-8-16-18-12(20)6-19/h1-2,5,8H,3-4,6-7,15H2,(H,17,21). The Kier molecular flexibility index (Phi) is 3.76. The molecule has 0 atom stereocenters. The van der Waals surface area contributed by atoms with E-state index in [0.29, 0.717) is 29.5 Å². The Hall–Kier alpha value is -2.12. The predicted molar refractivity (Wildman–Crippen MR) is 79.8 cm³/mol. The minimum absolute atomic E-state index is 0.0929. The van der Waals surface area contributed by atoms with E-state index in [4.69, 9.17) is 17.3 Å². The summed E-state index contributed by atoms with van der Waals surface area (Å²) in [6.07, 6.45) is 1.71. The van der Waals surface area contributed by atoms with E-state index in [9.17, 15) is 4.79 Å². The van der Waals surface area contributed by atoms with Crippen molar-refractivity contribution < 1.29 is 4.79 Å². The molecule has 1 aliphatic heterocycles. The number of amides is 1. The van der Waals surface area contributed by atoms with Crippen molar-refractivity contribution in [3.05, 3.63) is 35.4 Å². The van der Waals surface area contributed by atoms with Crippen LogP contribution < -0.4 is 11.1 Å².